The highest BCUT2D eigenvalue weighted by Crippen LogP contribution is 2.25. The topological polar surface area (TPSA) is 58.4 Å². The van der Waals surface area contributed by atoms with Gasteiger partial charge in [-0.2, -0.15) is 0 Å². The molecule has 0 bridgehead atoms. The molecule has 1 aliphatic heterocycles. The number of nitrogens with one attached hydrogen (secondary N) is 1. The van der Waals surface area contributed by atoms with E-state index in [1.54, 1.807) is 12.4 Å². The van der Waals surface area contributed by atoms with E-state index in [1.165, 1.54) is 0 Å². The predicted molar refractivity (Wildman–Crippen MR) is 86.0 cm³/mol. The first-order chi connectivity index (χ1) is 10.8. The average molecular weight is 294 g/mol. The lowest BCUT2D eigenvalue weighted by Gasteiger charge is -2.28. The largest absolute Gasteiger partial charge is 0.354 e. The molecular weight excluding hydrogens is 276 g/mol. The molecule has 4 heterocycles. The van der Waals surface area contributed by atoms with Crippen LogP contribution in [-0.4, -0.2) is 45.5 Å². The Balaban J connectivity index is 1.80. The van der Waals surface area contributed by atoms with Gasteiger partial charge in [-0.05, 0) is 19.1 Å². The first kappa shape index (κ1) is 13.2. The zero-order valence-corrected chi connectivity index (χ0v) is 12.5. The second kappa shape index (κ2) is 5.38. The Hall–Kier alpha value is -2.47. The summed E-state index contributed by atoms with van der Waals surface area (Å²) in [7, 11) is 0. The van der Waals surface area contributed by atoms with Crippen molar-refractivity contribution in [1.82, 2.24) is 24.7 Å². The van der Waals surface area contributed by atoms with E-state index in [2.05, 4.69) is 32.3 Å². The number of aryl methyl sites for hydroxylation is 1. The van der Waals surface area contributed by atoms with E-state index in [0.29, 0.717) is 0 Å². The Bertz CT molecular complexity index is 803. The third kappa shape index (κ3) is 2.21. The standard InChI is InChI=1S/C16H18N6/c1-12-16(22-10-7-18-11-15(22)19-12)13-3-2-4-14(20-13)21-8-5-17-6-9-21/h2-4,7,10-11,17H,5-6,8-9H2,1H3. The van der Waals surface area contributed by atoms with Crippen LogP contribution in [0.1, 0.15) is 5.69 Å². The van der Waals surface area contributed by atoms with Crippen molar-refractivity contribution in [3.63, 3.8) is 0 Å². The minimum Gasteiger partial charge on any atom is -0.354 e. The SMILES string of the molecule is Cc1nc2cnccn2c1-c1cccc(N2CCNCC2)n1. The van der Waals surface area contributed by atoms with Crippen LogP contribution in [0.2, 0.25) is 0 Å². The number of nitrogens with zero attached hydrogens (tertiary/aromatic N) is 5. The van der Waals surface area contributed by atoms with Crippen LogP contribution in [0.3, 0.4) is 0 Å². The lowest BCUT2D eigenvalue weighted by atomic mass is 10.2. The number of rotatable bonds is 2. The molecule has 1 fully saturated rings. The van der Waals surface area contributed by atoms with Gasteiger partial charge in [-0.25, -0.2) is 9.97 Å². The number of hydrogen-bond acceptors (Lipinski definition) is 5. The van der Waals surface area contributed by atoms with E-state index in [9.17, 15) is 0 Å². The van der Waals surface area contributed by atoms with Gasteiger partial charge in [0.05, 0.1) is 23.3 Å². The number of anilines is 1. The third-order valence-electron chi connectivity index (χ3n) is 4.02. The molecule has 0 spiro atoms. The van der Waals surface area contributed by atoms with E-state index in [-0.39, 0.29) is 0 Å². The number of fused-ring (bicyclic) bond motifs is 1. The quantitative estimate of drug-likeness (QED) is 0.776. The fourth-order valence-corrected chi connectivity index (χ4v) is 2.96. The van der Waals surface area contributed by atoms with Crippen LogP contribution in [0.15, 0.2) is 36.8 Å². The molecule has 0 aromatic carbocycles. The van der Waals surface area contributed by atoms with Crippen molar-refractivity contribution in [1.29, 1.82) is 0 Å². The number of piperazine rings is 1. The molecular formula is C16H18N6. The Morgan fingerprint density at radius 3 is 2.86 bits per heavy atom. The molecule has 3 aromatic heterocycles. The monoisotopic (exact) mass is 294 g/mol. The molecule has 22 heavy (non-hydrogen) atoms. The Kier molecular flexibility index (Phi) is 3.23. The molecule has 0 atom stereocenters. The van der Waals surface area contributed by atoms with Crippen LogP contribution in [-0.2, 0) is 0 Å². The molecule has 1 aliphatic rings. The van der Waals surface area contributed by atoms with Gasteiger partial charge in [-0.3, -0.25) is 9.38 Å². The van der Waals surface area contributed by atoms with Gasteiger partial charge in [-0.1, -0.05) is 6.07 Å². The summed E-state index contributed by atoms with van der Waals surface area (Å²) in [6.45, 7) is 6.01. The molecule has 0 aliphatic carbocycles. The van der Waals surface area contributed by atoms with Gasteiger partial charge in [0, 0.05) is 38.6 Å². The van der Waals surface area contributed by atoms with E-state index >= 15 is 0 Å². The summed E-state index contributed by atoms with van der Waals surface area (Å²) in [5.41, 5.74) is 3.81. The third-order valence-corrected chi connectivity index (χ3v) is 4.02. The summed E-state index contributed by atoms with van der Waals surface area (Å²) in [5, 5.41) is 3.37. The molecule has 1 saturated heterocycles. The molecule has 0 radical (unpaired) electrons. The Morgan fingerprint density at radius 2 is 2.00 bits per heavy atom. The van der Waals surface area contributed by atoms with Gasteiger partial charge in [0.25, 0.3) is 0 Å². The second-order valence-electron chi connectivity index (χ2n) is 5.47. The zero-order chi connectivity index (χ0) is 14.9. The van der Waals surface area contributed by atoms with Gasteiger partial charge in [-0.15, -0.1) is 0 Å². The van der Waals surface area contributed by atoms with Crippen molar-refractivity contribution in [2.24, 2.45) is 0 Å². The van der Waals surface area contributed by atoms with Crippen molar-refractivity contribution in [2.45, 2.75) is 6.92 Å². The molecule has 1 N–H and O–H groups in total. The predicted octanol–water partition coefficient (Wildman–Crippen LogP) is 1.51. The Labute approximate surface area is 128 Å². The van der Waals surface area contributed by atoms with Gasteiger partial charge in [0.2, 0.25) is 0 Å². The van der Waals surface area contributed by atoms with Crippen LogP contribution in [0, 0.1) is 6.92 Å². The Morgan fingerprint density at radius 1 is 1.14 bits per heavy atom. The molecule has 112 valence electrons. The lowest BCUT2D eigenvalue weighted by Crippen LogP contribution is -2.43. The van der Waals surface area contributed by atoms with Crippen LogP contribution >= 0.6 is 0 Å². The molecule has 3 aromatic rings. The average Bonchev–Trinajstić information content (AvgIpc) is 2.91. The van der Waals surface area contributed by atoms with E-state index in [0.717, 1.165) is 54.7 Å². The lowest BCUT2D eigenvalue weighted by molar-refractivity contribution is 0.585. The number of imidazole rings is 1. The van der Waals surface area contributed by atoms with E-state index < -0.39 is 0 Å². The highest BCUT2D eigenvalue weighted by molar-refractivity contribution is 5.65. The molecule has 6 heteroatoms. The van der Waals surface area contributed by atoms with Gasteiger partial charge in [0.15, 0.2) is 5.65 Å². The highest BCUT2D eigenvalue weighted by Gasteiger charge is 2.15. The first-order valence-corrected chi connectivity index (χ1v) is 7.55. The highest BCUT2D eigenvalue weighted by atomic mass is 15.2. The van der Waals surface area contributed by atoms with Gasteiger partial charge in [0.1, 0.15) is 5.82 Å². The maximum Gasteiger partial charge on any atom is 0.156 e. The number of aromatic nitrogens is 4. The smallest absolute Gasteiger partial charge is 0.156 e. The van der Waals surface area contributed by atoms with Crippen LogP contribution in [0.5, 0.6) is 0 Å². The van der Waals surface area contributed by atoms with Crippen molar-refractivity contribution in [3.05, 3.63) is 42.5 Å². The number of pyridine rings is 1. The summed E-state index contributed by atoms with van der Waals surface area (Å²) in [6.07, 6.45) is 5.48. The van der Waals surface area contributed by atoms with Crippen LogP contribution in [0.4, 0.5) is 5.82 Å². The van der Waals surface area contributed by atoms with Crippen molar-refractivity contribution < 1.29 is 0 Å². The fourth-order valence-electron chi connectivity index (χ4n) is 2.96. The second-order valence-corrected chi connectivity index (χ2v) is 5.47. The van der Waals surface area contributed by atoms with E-state index in [4.69, 9.17) is 4.98 Å². The normalized spacial score (nSPS) is 15.4. The maximum atomic E-state index is 4.87. The minimum atomic E-state index is 0.851. The maximum absolute atomic E-state index is 4.87. The molecule has 0 amide bonds. The van der Waals surface area contributed by atoms with Crippen LogP contribution < -0.4 is 10.2 Å². The van der Waals surface area contributed by atoms with E-state index in [1.807, 2.05) is 23.6 Å². The minimum absolute atomic E-state index is 0.851. The van der Waals surface area contributed by atoms with Crippen molar-refractivity contribution >= 4 is 11.5 Å². The molecule has 0 unspecified atom stereocenters. The summed E-state index contributed by atoms with van der Waals surface area (Å²) < 4.78 is 2.05. The summed E-state index contributed by atoms with van der Waals surface area (Å²) >= 11 is 0. The van der Waals surface area contributed by atoms with Gasteiger partial charge < -0.3 is 10.2 Å². The number of hydrogen-bond donors (Lipinski definition) is 1. The van der Waals surface area contributed by atoms with Gasteiger partial charge >= 0.3 is 0 Å². The summed E-state index contributed by atoms with van der Waals surface area (Å²) in [6, 6.07) is 6.19. The summed E-state index contributed by atoms with van der Waals surface area (Å²) in [5.74, 6) is 1.03. The first-order valence-electron chi connectivity index (χ1n) is 7.55. The van der Waals surface area contributed by atoms with Crippen molar-refractivity contribution in [3.8, 4) is 11.4 Å². The van der Waals surface area contributed by atoms with Crippen molar-refractivity contribution in [2.75, 3.05) is 31.1 Å². The molecule has 6 nitrogen and oxygen atoms in total. The fraction of sp³-hybridized carbons (Fsp3) is 0.312. The van der Waals surface area contributed by atoms with Crippen LogP contribution in [0.25, 0.3) is 17.0 Å². The zero-order valence-electron chi connectivity index (χ0n) is 12.5. The molecule has 4 rings (SSSR count). The summed E-state index contributed by atoms with van der Waals surface area (Å²) in [4.78, 5) is 15.9. The molecule has 0 saturated carbocycles.